The van der Waals surface area contributed by atoms with Crippen LogP contribution in [0.25, 0.3) is 0 Å². The SMILES string of the molecule is CCCNC(=O)[C@H](C)N(Cc1ccccc1)C(=O)CCc1ccc(OCC)c(OCC)c1. The molecule has 1 atom stereocenters. The van der Waals surface area contributed by atoms with E-state index in [1.165, 1.54) is 0 Å². The minimum Gasteiger partial charge on any atom is -0.490 e. The molecule has 1 N–H and O–H groups in total. The van der Waals surface area contributed by atoms with E-state index in [1.54, 1.807) is 11.8 Å². The van der Waals surface area contributed by atoms with Gasteiger partial charge in [0.15, 0.2) is 11.5 Å². The van der Waals surface area contributed by atoms with E-state index in [1.807, 2.05) is 69.3 Å². The van der Waals surface area contributed by atoms with Crippen LogP contribution in [0.3, 0.4) is 0 Å². The summed E-state index contributed by atoms with van der Waals surface area (Å²) in [6.07, 6.45) is 1.71. The average Bonchev–Trinajstić information content (AvgIpc) is 2.81. The highest BCUT2D eigenvalue weighted by atomic mass is 16.5. The lowest BCUT2D eigenvalue weighted by Crippen LogP contribution is -2.47. The smallest absolute Gasteiger partial charge is 0.242 e. The van der Waals surface area contributed by atoms with Crippen molar-refractivity contribution in [1.82, 2.24) is 10.2 Å². The molecule has 0 spiro atoms. The molecule has 0 aromatic heterocycles. The molecule has 0 heterocycles. The lowest BCUT2D eigenvalue weighted by Gasteiger charge is -2.29. The van der Waals surface area contributed by atoms with Gasteiger partial charge in [-0.1, -0.05) is 43.3 Å². The Hall–Kier alpha value is -3.02. The molecule has 0 radical (unpaired) electrons. The summed E-state index contributed by atoms with van der Waals surface area (Å²) < 4.78 is 11.3. The molecule has 2 aromatic rings. The Labute approximate surface area is 191 Å². The van der Waals surface area contributed by atoms with E-state index in [2.05, 4.69) is 5.32 Å². The summed E-state index contributed by atoms with van der Waals surface area (Å²) in [5.74, 6) is 1.21. The number of carbonyl (C=O) groups is 2. The summed E-state index contributed by atoms with van der Waals surface area (Å²) in [5, 5.41) is 2.90. The van der Waals surface area contributed by atoms with Gasteiger partial charge in [0.25, 0.3) is 0 Å². The highest BCUT2D eigenvalue weighted by Gasteiger charge is 2.25. The molecule has 2 aromatic carbocycles. The maximum absolute atomic E-state index is 13.2. The van der Waals surface area contributed by atoms with Crippen LogP contribution in [0, 0.1) is 0 Å². The predicted molar refractivity (Wildman–Crippen MR) is 127 cm³/mol. The number of carbonyl (C=O) groups excluding carboxylic acids is 2. The van der Waals surface area contributed by atoms with Crippen LogP contribution in [-0.2, 0) is 22.6 Å². The summed E-state index contributed by atoms with van der Waals surface area (Å²) in [4.78, 5) is 27.5. The van der Waals surface area contributed by atoms with Crippen molar-refractivity contribution < 1.29 is 19.1 Å². The number of hydrogen-bond donors (Lipinski definition) is 1. The normalized spacial score (nSPS) is 11.5. The fourth-order valence-electron chi connectivity index (χ4n) is 3.40. The third kappa shape index (κ3) is 7.59. The molecule has 6 nitrogen and oxygen atoms in total. The van der Waals surface area contributed by atoms with Crippen LogP contribution < -0.4 is 14.8 Å². The van der Waals surface area contributed by atoms with Gasteiger partial charge in [0, 0.05) is 19.5 Å². The Bertz CT molecular complexity index is 854. The van der Waals surface area contributed by atoms with Crippen LogP contribution in [0.15, 0.2) is 48.5 Å². The van der Waals surface area contributed by atoms with E-state index in [-0.39, 0.29) is 11.8 Å². The molecule has 174 valence electrons. The molecule has 0 saturated heterocycles. The summed E-state index contributed by atoms with van der Waals surface area (Å²) >= 11 is 0. The second kappa shape index (κ2) is 13.4. The van der Waals surface area contributed by atoms with E-state index in [0.717, 1.165) is 17.5 Å². The number of amides is 2. The monoisotopic (exact) mass is 440 g/mol. The standard InChI is InChI=1S/C26H36N2O4/c1-5-17-27-26(30)20(4)28(19-22-11-9-8-10-12-22)25(29)16-14-21-13-15-23(31-6-2)24(18-21)32-7-3/h8-13,15,18,20H,5-7,14,16-17,19H2,1-4H3,(H,27,30)/t20-/m0/s1. The quantitative estimate of drug-likeness (QED) is 0.503. The zero-order valence-electron chi connectivity index (χ0n) is 19.7. The third-order valence-corrected chi connectivity index (χ3v) is 5.15. The van der Waals surface area contributed by atoms with Crippen LogP contribution >= 0.6 is 0 Å². The molecule has 0 saturated carbocycles. The van der Waals surface area contributed by atoms with E-state index in [0.29, 0.717) is 50.6 Å². The summed E-state index contributed by atoms with van der Waals surface area (Å²) in [7, 11) is 0. The molecule has 0 bridgehead atoms. The first-order chi connectivity index (χ1) is 15.5. The van der Waals surface area contributed by atoms with Gasteiger partial charge in [0.2, 0.25) is 11.8 Å². The molecule has 0 fully saturated rings. The molecular weight excluding hydrogens is 404 g/mol. The number of aryl methyl sites for hydroxylation is 1. The molecule has 2 amide bonds. The molecular formula is C26H36N2O4. The zero-order chi connectivity index (χ0) is 23.3. The van der Waals surface area contributed by atoms with E-state index < -0.39 is 6.04 Å². The van der Waals surface area contributed by atoms with Gasteiger partial charge in [-0.15, -0.1) is 0 Å². The Morgan fingerprint density at radius 1 is 0.938 bits per heavy atom. The second-order valence-electron chi connectivity index (χ2n) is 7.62. The molecule has 32 heavy (non-hydrogen) atoms. The van der Waals surface area contributed by atoms with Crippen molar-refractivity contribution in [1.29, 1.82) is 0 Å². The number of ether oxygens (including phenoxy) is 2. The Balaban J connectivity index is 2.13. The average molecular weight is 441 g/mol. The minimum atomic E-state index is -0.548. The van der Waals surface area contributed by atoms with Gasteiger partial charge in [0.05, 0.1) is 13.2 Å². The van der Waals surface area contributed by atoms with Crippen molar-refractivity contribution in [2.45, 2.75) is 59.5 Å². The van der Waals surface area contributed by atoms with Crippen molar-refractivity contribution in [2.75, 3.05) is 19.8 Å². The van der Waals surface area contributed by atoms with Crippen LogP contribution in [0.4, 0.5) is 0 Å². The lowest BCUT2D eigenvalue weighted by molar-refractivity contribution is -0.140. The molecule has 2 rings (SSSR count). The van der Waals surface area contributed by atoms with Crippen molar-refractivity contribution in [3.63, 3.8) is 0 Å². The van der Waals surface area contributed by atoms with Gasteiger partial charge < -0.3 is 19.7 Å². The fourth-order valence-corrected chi connectivity index (χ4v) is 3.40. The van der Waals surface area contributed by atoms with E-state index in [4.69, 9.17) is 9.47 Å². The first-order valence-corrected chi connectivity index (χ1v) is 11.5. The van der Waals surface area contributed by atoms with Crippen molar-refractivity contribution in [2.24, 2.45) is 0 Å². The first kappa shape index (κ1) is 25.2. The van der Waals surface area contributed by atoms with Crippen LogP contribution in [0.5, 0.6) is 11.5 Å². The van der Waals surface area contributed by atoms with Gasteiger partial charge >= 0.3 is 0 Å². The molecule has 0 aliphatic heterocycles. The summed E-state index contributed by atoms with van der Waals surface area (Å²) in [5.41, 5.74) is 1.99. The molecule has 0 aliphatic carbocycles. The largest absolute Gasteiger partial charge is 0.490 e. The van der Waals surface area contributed by atoms with Crippen molar-refractivity contribution in [3.8, 4) is 11.5 Å². The maximum Gasteiger partial charge on any atom is 0.242 e. The number of hydrogen-bond acceptors (Lipinski definition) is 4. The third-order valence-electron chi connectivity index (χ3n) is 5.15. The molecule has 6 heteroatoms. The van der Waals surface area contributed by atoms with Crippen LogP contribution in [0.1, 0.15) is 51.7 Å². The highest BCUT2D eigenvalue weighted by molar-refractivity contribution is 5.87. The summed E-state index contributed by atoms with van der Waals surface area (Å²) in [6, 6.07) is 15.0. The summed E-state index contributed by atoms with van der Waals surface area (Å²) in [6.45, 7) is 9.75. The lowest BCUT2D eigenvalue weighted by atomic mass is 10.1. The first-order valence-electron chi connectivity index (χ1n) is 11.5. The van der Waals surface area contributed by atoms with Gasteiger partial charge in [-0.25, -0.2) is 0 Å². The maximum atomic E-state index is 13.2. The van der Waals surface area contributed by atoms with Crippen LogP contribution in [0.2, 0.25) is 0 Å². The van der Waals surface area contributed by atoms with Gasteiger partial charge in [-0.3, -0.25) is 9.59 Å². The Morgan fingerprint density at radius 3 is 2.28 bits per heavy atom. The minimum absolute atomic E-state index is 0.0557. The zero-order valence-corrected chi connectivity index (χ0v) is 19.7. The number of nitrogens with one attached hydrogen (secondary N) is 1. The fraction of sp³-hybridized carbons (Fsp3) is 0.462. The topological polar surface area (TPSA) is 67.9 Å². The molecule has 0 unspecified atom stereocenters. The second-order valence-corrected chi connectivity index (χ2v) is 7.62. The Morgan fingerprint density at radius 2 is 1.62 bits per heavy atom. The molecule has 0 aliphatic rings. The predicted octanol–water partition coefficient (Wildman–Crippen LogP) is 4.36. The number of benzene rings is 2. The van der Waals surface area contributed by atoms with Gasteiger partial charge in [0.1, 0.15) is 6.04 Å². The van der Waals surface area contributed by atoms with Crippen molar-refractivity contribution in [3.05, 3.63) is 59.7 Å². The van der Waals surface area contributed by atoms with Crippen LogP contribution in [-0.4, -0.2) is 42.5 Å². The van der Waals surface area contributed by atoms with E-state index in [9.17, 15) is 9.59 Å². The number of rotatable bonds is 13. The number of nitrogens with zero attached hydrogens (tertiary/aromatic N) is 1. The van der Waals surface area contributed by atoms with Gasteiger partial charge in [-0.2, -0.15) is 0 Å². The van der Waals surface area contributed by atoms with Gasteiger partial charge in [-0.05, 0) is 56.9 Å². The van der Waals surface area contributed by atoms with E-state index >= 15 is 0 Å². The highest BCUT2D eigenvalue weighted by Crippen LogP contribution is 2.29. The van der Waals surface area contributed by atoms with Crippen molar-refractivity contribution >= 4 is 11.8 Å². The Kier molecular flexibility index (Phi) is 10.6.